The molecule has 0 radical (unpaired) electrons. The highest BCUT2D eigenvalue weighted by Crippen LogP contribution is 2.34. The molecule has 0 unspecified atom stereocenters. The third-order valence-electron chi connectivity index (χ3n) is 5.46. The Kier molecular flexibility index (Phi) is 5.87. The molecule has 0 aliphatic heterocycles. The van der Waals surface area contributed by atoms with Gasteiger partial charge in [0.15, 0.2) is 0 Å². The van der Waals surface area contributed by atoms with Gasteiger partial charge in [-0.15, -0.1) is 0 Å². The van der Waals surface area contributed by atoms with Gasteiger partial charge in [0.25, 0.3) is 5.91 Å². The van der Waals surface area contributed by atoms with Crippen LogP contribution >= 0.6 is 27.5 Å². The SMILES string of the molecule is Cc1cc(C)c2nc(-c3ccccc3)c(C)c(C(=O)Nc3cc(Cl)c(Br)cc3C)c2c1. The van der Waals surface area contributed by atoms with Gasteiger partial charge in [0.1, 0.15) is 0 Å². The number of nitrogens with one attached hydrogen (secondary N) is 1. The van der Waals surface area contributed by atoms with Gasteiger partial charge in [-0.2, -0.15) is 0 Å². The topological polar surface area (TPSA) is 42.0 Å². The lowest BCUT2D eigenvalue weighted by Gasteiger charge is -2.17. The molecule has 0 saturated heterocycles. The molecular weight excluding hydrogens is 472 g/mol. The van der Waals surface area contributed by atoms with Crippen molar-refractivity contribution < 1.29 is 4.79 Å². The van der Waals surface area contributed by atoms with Gasteiger partial charge in [-0.05, 0) is 78.5 Å². The van der Waals surface area contributed by atoms with Gasteiger partial charge in [-0.3, -0.25) is 4.79 Å². The number of aryl methyl sites for hydroxylation is 3. The zero-order chi connectivity index (χ0) is 22.3. The van der Waals surface area contributed by atoms with Crippen LogP contribution in [-0.2, 0) is 0 Å². The highest BCUT2D eigenvalue weighted by atomic mass is 79.9. The number of rotatable bonds is 3. The summed E-state index contributed by atoms with van der Waals surface area (Å²) in [5.41, 5.74) is 7.88. The number of amides is 1. The molecule has 1 heterocycles. The lowest BCUT2D eigenvalue weighted by atomic mass is 9.94. The fourth-order valence-electron chi connectivity index (χ4n) is 3.95. The molecule has 5 heteroatoms. The van der Waals surface area contributed by atoms with Gasteiger partial charge in [-0.25, -0.2) is 4.98 Å². The van der Waals surface area contributed by atoms with Crippen molar-refractivity contribution in [3.8, 4) is 11.3 Å². The number of aromatic nitrogens is 1. The molecule has 0 atom stereocenters. The molecule has 1 aromatic heterocycles. The Morgan fingerprint density at radius 3 is 2.39 bits per heavy atom. The number of hydrogen-bond acceptors (Lipinski definition) is 2. The van der Waals surface area contributed by atoms with Crippen LogP contribution in [0.5, 0.6) is 0 Å². The van der Waals surface area contributed by atoms with E-state index < -0.39 is 0 Å². The predicted octanol–water partition coefficient (Wildman–Crippen LogP) is 7.80. The summed E-state index contributed by atoms with van der Waals surface area (Å²) in [7, 11) is 0. The minimum absolute atomic E-state index is 0.173. The number of hydrogen-bond donors (Lipinski definition) is 1. The van der Waals surface area contributed by atoms with Gasteiger partial charge in [0, 0.05) is 21.1 Å². The van der Waals surface area contributed by atoms with Gasteiger partial charge in [0.2, 0.25) is 0 Å². The maximum Gasteiger partial charge on any atom is 0.256 e. The Labute approximate surface area is 195 Å². The molecule has 1 amide bonds. The number of anilines is 1. The summed E-state index contributed by atoms with van der Waals surface area (Å²) in [6, 6.07) is 17.8. The summed E-state index contributed by atoms with van der Waals surface area (Å²) >= 11 is 9.71. The molecular formula is C26H22BrClN2O. The van der Waals surface area contributed by atoms with E-state index in [1.165, 1.54) is 0 Å². The van der Waals surface area contributed by atoms with E-state index in [0.717, 1.165) is 48.9 Å². The molecule has 0 fully saturated rings. The second kappa shape index (κ2) is 8.45. The van der Waals surface area contributed by atoms with Crippen LogP contribution in [0.15, 0.2) is 59.1 Å². The molecule has 3 aromatic carbocycles. The third kappa shape index (κ3) is 4.10. The smallest absolute Gasteiger partial charge is 0.256 e. The largest absolute Gasteiger partial charge is 0.322 e. The number of carbonyl (C=O) groups is 1. The average Bonchev–Trinajstić information content (AvgIpc) is 2.72. The van der Waals surface area contributed by atoms with Crippen LogP contribution in [0.3, 0.4) is 0 Å². The Morgan fingerprint density at radius 2 is 1.68 bits per heavy atom. The van der Waals surface area contributed by atoms with Crippen molar-refractivity contribution in [2.75, 3.05) is 5.32 Å². The fraction of sp³-hybridized carbons (Fsp3) is 0.154. The van der Waals surface area contributed by atoms with E-state index in [-0.39, 0.29) is 5.91 Å². The first kappa shape index (κ1) is 21.5. The van der Waals surface area contributed by atoms with E-state index in [4.69, 9.17) is 16.6 Å². The van der Waals surface area contributed by atoms with E-state index in [1.54, 1.807) is 6.07 Å². The minimum atomic E-state index is -0.173. The highest BCUT2D eigenvalue weighted by molar-refractivity contribution is 9.10. The van der Waals surface area contributed by atoms with Gasteiger partial charge in [0.05, 0.1) is 21.8 Å². The van der Waals surface area contributed by atoms with E-state index in [0.29, 0.717) is 16.3 Å². The van der Waals surface area contributed by atoms with Crippen LogP contribution in [0.2, 0.25) is 5.02 Å². The van der Waals surface area contributed by atoms with Crippen LogP contribution in [0.4, 0.5) is 5.69 Å². The molecule has 4 rings (SSSR count). The first-order chi connectivity index (χ1) is 14.8. The normalized spacial score (nSPS) is 11.0. The lowest BCUT2D eigenvalue weighted by Crippen LogP contribution is -2.16. The number of pyridine rings is 1. The van der Waals surface area contributed by atoms with Crippen molar-refractivity contribution in [3.63, 3.8) is 0 Å². The Bertz CT molecular complexity index is 1330. The van der Waals surface area contributed by atoms with Crippen molar-refractivity contribution in [2.45, 2.75) is 27.7 Å². The maximum absolute atomic E-state index is 13.6. The van der Waals surface area contributed by atoms with E-state index >= 15 is 0 Å². The maximum atomic E-state index is 13.6. The minimum Gasteiger partial charge on any atom is -0.322 e. The summed E-state index contributed by atoms with van der Waals surface area (Å²) < 4.78 is 0.799. The standard InChI is InChI=1S/C26H22BrClN2O/c1-14-10-16(3)24-19(11-14)23(17(4)25(30-24)18-8-6-5-7-9-18)26(31)29-22-13-21(28)20(27)12-15(22)2/h5-13H,1-4H3,(H,29,31). The highest BCUT2D eigenvalue weighted by Gasteiger charge is 2.21. The zero-order valence-electron chi connectivity index (χ0n) is 17.8. The monoisotopic (exact) mass is 492 g/mol. The molecule has 0 bridgehead atoms. The number of benzene rings is 3. The Morgan fingerprint density at radius 1 is 0.968 bits per heavy atom. The van der Waals surface area contributed by atoms with Gasteiger partial charge in [-0.1, -0.05) is 53.6 Å². The lowest BCUT2D eigenvalue weighted by molar-refractivity contribution is 0.102. The summed E-state index contributed by atoms with van der Waals surface area (Å²) in [6.45, 7) is 7.97. The zero-order valence-corrected chi connectivity index (χ0v) is 20.1. The second-order valence-electron chi connectivity index (χ2n) is 7.84. The first-order valence-electron chi connectivity index (χ1n) is 10.00. The van der Waals surface area contributed by atoms with Crippen LogP contribution in [0.1, 0.15) is 32.6 Å². The number of halogens is 2. The fourth-order valence-corrected chi connectivity index (χ4v) is 4.57. The molecule has 1 N–H and O–H groups in total. The van der Waals surface area contributed by atoms with Crippen molar-refractivity contribution in [2.24, 2.45) is 0 Å². The molecule has 156 valence electrons. The number of carbonyl (C=O) groups excluding carboxylic acids is 1. The van der Waals surface area contributed by atoms with Crippen LogP contribution < -0.4 is 5.32 Å². The van der Waals surface area contributed by atoms with Crippen LogP contribution in [-0.4, -0.2) is 10.9 Å². The number of fused-ring (bicyclic) bond motifs is 1. The second-order valence-corrected chi connectivity index (χ2v) is 9.10. The summed E-state index contributed by atoms with van der Waals surface area (Å²) in [6.07, 6.45) is 0. The average molecular weight is 494 g/mol. The molecule has 0 aliphatic carbocycles. The summed E-state index contributed by atoms with van der Waals surface area (Å²) in [5, 5.41) is 4.48. The van der Waals surface area contributed by atoms with E-state index in [9.17, 15) is 4.79 Å². The molecule has 31 heavy (non-hydrogen) atoms. The Hall–Kier alpha value is -2.69. The molecule has 0 spiro atoms. The van der Waals surface area contributed by atoms with Crippen LogP contribution in [0, 0.1) is 27.7 Å². The predicted molar refractivity (Wildman–Crippen MR) is 133 cm³/mol. The summed E-state index contributed by atoms with van der Waals surface area (Å²) in [5.74, 6) is -0.173. The summed E-state index contributed by atoms with van der Waals surface area (Å²) in [4.78, 5) is 18.6. The first-order valence-corrected chi connectivity index (χ1v) is 11.2. The van der Waals surface area contributed by atoms with Crippen LogP contribution in [0.25, 0.3) is 22.2 Å². The quantitative estimate of drug-likeness (QED) is 0.316. The van der Waals surface area contributed by atoms with Crippen molar-refractivity contribution in [1.29, 1.82) is 0 Å². The molecule has 3 nitrogen and oxygen atoms in total. The van der Waals surface area contributed by atoms with Gasteiger partial charge >= 0.3 is 0 Å². The van der Waals surface area contributed by atoms with E-state index in [1.807, 2.05) is 70.2 Å². The Balaban J connectivity index is 1.94. The molecule has 0 saturated carbocycles. The third-order valence-corrected chi connectivity index (χ3v) is 6.65. The number of nitrogens with zero attached hydrogens (tertiary/aromatic N) is 1. The van der Waals surface area contributed by atoms with Crippen molar-refractivity contribution in [3.05, 3.63) is 91.9 Å². The molecule has 4 aromatic rings. The van der Waals surface area contributed by atoms with Crippen molar-refractivity contribution in [1.82, 2.24) is 4.98 Å². The van der Waals surface area contributed by atoms with Crippen molar-refractivity contribution >= 4 is 50.0 Å². The van der Waals surface area contributed by atoms with Gasteiger partial charge < -0.3 is 5.32 Å². The molecule has 0 aliphatic rings. The van der Waals surface area contributed by atoms with E-state index in [2.05, 4.69) is 27.3 Å².